The van der Waals surface area contributed by atoms with Crippen LogP contribution < -0.4 is 5.32 Å². The average Bonchev–Trinajstić information content (AvgIpc) is 2.53. The van der Waals surface area contributed by atoms with Crippen molar-refractivity contribution in [2.45, 2.75) is 25.1 Å². The van der Waals surface area contributed by atoms with Crippen molar-refractivity contribution in [1.82, 2.24) is 5.32 Å². The van der Waals surface area contributed by atoms with E-state index in [0.717, 1.165) is 16.6 Å². The maximum Gasteiger partial charge on any atom is 0.416 e. The molecule has 1 amide bonds. The molecule has 0 spiro atoms. The zero-order valence-electron chi connectivity index (χ0n) is 13.4. The predicted octanol–water partition coefficient (Wildman–Crippen LogP) is 3.82. The lowest BCUT2D eigenvalue weighted by Crippen LogP contribution is -2.43. The number of hydrogen-bond acceptors (Lipinski definition) is 2. The van der Waals surface area contributed by atoms with E-state index in [1.165, 1.54) is 12.1 Å². The van der Waals surface area contributed by atoms with E-state index in [1.54, 1.807) is 24.3 Å². The highest BCUT2D eigenvalue weighted by Crippen LogP contribution is 2.29. The van der Waals surface area contributed by atoms with Gasteiger partial charge in [-0.3, -0.25) is 4.79 Å². The van der Waals surface area contributed by atoms with E-state index in [1.807, 2.05) is 0 Å². The molecule has 0 fully saturated rings. The second-order valence-electron chi connectivity index (χ2n) is 5.67. The maximum absolute atomic E-state index is 12.7. The number of aliphatic carboxylic acids is 1. The molecule has 0 bridgehead atoms. The Morgan fingerprint density at radius 3 is 2.35 bits per heavy atom. The molecule has 0 heterocycles. The molecule has 4 nitrogen and oxygen atoms in total. The van der Waals surface area contributed by atoms with Crippen LogP contribution in [0.15, 0.2) is 53.0 Å². The number of alkyl halides is 3. The largest absolute Gasteiger partial charge is 0.480 e. The Morgan fingerprint density at radius 1 is 1.08 bits per heavy atom. The van der Waals surface area contributed by atoms with E-state index >= 15 is 0 Å². The number of hydrogen-bond donors (Lipinski definition) is 2. The lowest BCUT2D eigenvalue weighted by Gasteiger charge is -2.15. The van der Waals surface area contributed by atoms with Gasteiger partial charge in [-0.15, -0.1) is 0 Å². The van der Waals surface area contributed by atoms with Gasteiger partial charge in [0.15, 0.2) is 0 Å². The molecule has 0 radical (unpaired) electrons. The molecule has 8 heteroatoms. The van der Waals surface area contributed by atoms with Crippen molar-refractivity contribution in [1.29, 1.82) is 0 Å². The molecule has 0 aliphatic heterocycles. The molecule has 0 aliphatic carbocycles. The van der Waals surface area contributed by atoms with Crippen LogP contribution in [0.25, 0.3) is 0 Å². The first-order valence-corrected chi connectivity index (χ1v) is 8.37. The van der Waals surface area contributed by atoms with Crippen LogP contribution in [0.2, 0.25) is 0 Å². The van der Waals surface area contributed by atoms with Crippen molar-refractivity contribution < 1.29 is 27.9 Å². The van der Waals surface area contributed by atoms with Crippen molar-refractivity contribution in [3.8, 4) is 0 Å². The van der Waals surface area contributed by atoms with E-state index in [0.29, 0.717) is 5.56 Å². The number of carboxylic acids is 1. The van der Waals surface area contributed by atoms with Crippen molar-refractivity contribution in [3.63, 3.8) is 0 Å². The average molecular weight is 430 g/mol. The third-order valence-electron chi connectivity index (χ3n) is 3.58. The van der Waals surface area contributed by atoms with Crippen LogP contribution in [0.4, 0.5) is 13.2 Å². The summed E-state index contributed by atoms with van der Waals surface area (Å²) in [4.78, 5) is 23.5. The zero-order chi connectivity index (χ0) is 19.3. The van der Waals surface area contributed by atoms with Crippen LogP contribution in [0.1, 0.15) is 16.7 Å². The lowest BCUT2D eigenvalue weighted by atomic mass is 10.0. The standard InChI is InChI=1S/C18H15BrF3NO3/c19-14-6-2-4-12(8-14)9-15(17(25)26)23-16(24)10-11-3-1-5-13(7-11)18(20,21)22/h1-8,15H,9-10H2,(H,23,24)(H,25,26)/t15-/m1/s1. The third kappa shape index (κ3) is 5.87. The summed E-state index contributed by atoms with van der Waals surface area (Å²) in [6.45, 7) is 0. The molecule has 0 unspecified atom stereocenters. The third-order valence-corrected chi connectivity index (χ3v) is 4.07. The predicted molar refractivity (Wildman–Crippen MR) is 92.6 cm³/mol. The number of carboxylic acid groups (broad SMARTS) is 1. The van der Waals surface area contributed by atoms with Crippen molar-refractivity contribution in [2.24, 2.45) is 0 Å². The summed E-state index contributed by atoms with van der Waals surface area (Å²) in [5, 5.41) is 11.7. The maximum atomic E-state index is 12.7. The van der Waals surface area contributed by atoms with Gasteiger partial charge in [-0.2, -0.15) is 13.2 Å². The van der Waals surface area contributed by atoms with E-state index in [9.17, 15) is 27.9 Å². The van der Waals surface area contributed by atoms with Gasteiger partial charge in [0.1, 0.15) is 6.04 Å². The molecule has 138 valence electrons. The molecule has 0 aromatic heterocycles. The van der Waals surface area contributed by atoms with Gasteiger partial charge in [0.25, 0.3) is 0 Å². The minimum absolute atomic E-state index is 0.0586. The highest BCUT2D eigenvalue weighted by Gasteiger charge is 2.30. The highest BCUT2D eigenvalue weighted by atomic mass is 79.9. The number of amides is 1. The fraction of sp³-hybridized carbons (Fsp3) is 0.222. The van der Waals surface area contributed by atoms with E-state index in [2.05, 4.69) is 21.2 Å². The Bertz CT molecular complexity index is 808. The second kappa shape index (κ2) is 8.35. The fourth-order valence-electron chi connectivity index (χ4n) is 2.39. The highest BCUT2D eigenvalue weighted by molar-refractivity contribution is 9.10. The first-order valence-electron chi connectivity index (χ1n) is 7.58. The van der Waals surface area contributed by atoms with Gasteiger partial charge < -0.3 is 10.4 Å². The van der Waals surface area contributed by atoms with E-state index < -0.39 is 29.7 Å². The van der Waals surface area contributed by atoms with Crippen LogP contribution in [-0.2, 0) is 28.6 Å². The molecular formula is C18H15BrF3NO3. The zero-order valence-corrected chi connectivity index (χ0v) is 15.0. The number of benzene rings is 2. The van der Waals surface area contributed by atoms with E-state index in [-0.39, 0.29) is 18.4 Å². The number of carbonyl (C=O) groups excluding carboxylic acids is 1. The Labute approximate surface area is 156 Å². The van der Waals surface area contributed by atoms with Crippen molar-refractivity contribution in [2.75, 3.05) is 0 Å². The van der Waals surface area contributed by atoms with Gasteiger partial charge in [0.2, 0.25) is 5.91 Å². The summed E-state index contributed by atoms with van der Waals surface area (Å²) in [5.41, 5.74) is 0.00165. The SMILES string of the molecule is O=C(Cc1cccc(C(F)(F)F)c1)N[C@H](Cc1cccc(Br)c1)C(=O)O. The van der Waals surface area contributed by atoms with Crippen LogP contribution in [0, 0.1) is 0 Å². The number of nitrogens with one attached hydrogen (secondary N) is 1. The van der Waals surface area contributed by atoms with Gasteiger partial charge >= 0.3 is 12.1 Å². The van der Waals surface area contributed by atoms with E-state index in [4.69, 9.17) is 0 Å². The number of halogens is 4. The van der Waals surface area contributed by atoms with Crippen molar-refractivity contribution >= 4 is 27.8 Å². The summed E-state index contributed by atoms with van der Waals surface area (Å²) in [5.74, 6) is -1.88. The summed E-state index contributed by atoms with van der Waals surface area (Å²) in [7, 11) is 0. The normalized spacial score (nSPS) is 12.5. The first-order chi connectivity index (χ1) is 12.1. The summed E-state index contributed by atoms with van der Waals surface area (Å²) < 4.78 is 38.9. The van der Waals surface area contributed by atoms with Gasteiger partial charge in [-0.05, 0) is 29.3 Å². The molecule has 1 atom stereocenters. The number of rotatable bonds is 6. The lowest BCUT2D eigenvalue weighted by molar-refractivity contribution is -0.141. The molecule has 26 heavy (non-hydrogen) atoms. The molecule has 0 aliphatic rings. The van der Waals surface area contributed by atoms with Gasteiger partial charge in [-0.25, -0.2) is 4.79 Å². The molecule has 2 aromatic carbocycles. The van der Waals surface area contributed by atoms with Crippen LogP contribution in [-0.4, -0.2) is 23.0 Å². The summed E-state index contributed by atoms with van der Waals surface area (Å²) in [6.07, 6.45) is -4.79. The van der Waals surface area contributed by atoms with Crippen LogP contribution >= 0.6 is 15.9 Å². The monoisotopic (exact) mass is 429 g/mol. The number of carbonyl (C=O) groups is 2. The van der Waals surface area contributed by atoms with Crippen LogP contribution in [0.3, 0.4) is 0 Å². The minimum atomic E-state index is -4.50. The smallest absolute Gasteiger partial charge is 0.416 e. The van der Waals surface area contributed by atoms with Gasteiger partial charge in [-0.1, -0.05) is 46.3 Å². The quantitative estimate of drug-likeness (QED) is 0.733. The van der Waals surface area contributed by atoms with Gasteiger partial charge in [0.05, 0.1) is 12.0 Å². The van der Waals surface area contributed by atoms with Crippen molar-refractivity contribution in [3.05, 3.63) is 69.7 Å². The molecule has 2 aromatic rings. The molecule has 2 rings (SSSR count). The Balaban J connectivity index is 2.05. The first kappa shape index (κ1) is 20.0. The minimum Gasteiger partial charge on any atom is -0.480 e. The molecule has 0 saturated heterocycles. The molecule has 2 N–H and O–H groups in total. The Kier molecular flexibility index (Phi) is 6.42. The summed E-state index contributed by atoms with van der Waals surface area (Å²) >= 11 is 3.28. The second-order valence-corrected chi connectivity index (χ2v) is 6.58. The molecular weight excluding hydrogens is 415 g/mol. The van der Waals surface area contributed by atoms with Crippen LogP contribution in [0.5, 0.6) is 0 Å². The molecule has 0 saturated carbocycles. The Morgan fingerprint density at radius 2 is 1.73 bits per heavy atom. The summed E-state index contributed by atoms with van der Waals surface area (Å²) in [6, 6.07) is 10.2. The Hall–Kier alpha value is -2.35. The van der Waals surface area contributed by atoms with Gasteiger partial charge in [0, 0.05) is 10.9 Å². The fourth-order valence-corrected chi connectivity index (χ4v) is 2.83. The topological polar surface area (TPSA) is 66.4 Å².